The Morgan fingerprint density at radius 3 is 2.81 bits per heavy atom. The van der Waals surface area contributed by atoms with Crippen molar-refractivity contribution >= 4 is 15.9 Å². The molecule has 118 valence electrons. The van der Waals surface area contributed by atoms with Gasteiger partial charge in [-0.15, -0.1) is 0 Å². The summed E-state index contributed by atoms with van der Waals surface area (Å²) in [5.41, 5.74) is 1.37. The second-order valence-electron chi connectivity index (χ2n) is 5.95. The van der Waals surface area contributed by atoms with Gasteiger partial charge in [-0.05, 0) is 63.0 Å². The first-order valence-electron chi connectivity index (χ1n) is 7.87. The van der Waals surface area contributed by atoms with Gasteiger partial charge in [0.15, 0.2) is 0 Å². The molecule has 4 heteroatoms. The summed E-state index contributed by atoms with van der Waals surface area (Å²) in [5.74, 6) is 0.712. The van der Waals surface area contributed by atoms with Crippen molar-refractivity contribution in [3.05, 3.63) is 34.3 Å². The van der Waals surface area contributed by atoms with Gasteiger partial charge in [-0.2, -0.15) is 0 Å². The number of rotatable bonds is 7. The molecule has 1 aliphatic heterocycles. The molecule has 0 radical (unpaired) electrons. The van der Waals surface area contributed by atoms with E-state index in [-0.39, 0.29) is 0 Å². The van der Waals surface area contributed by atoms with E-state index in [4.69, 9.17) is 4.74 Å². The average molecular weight is 355 g/mol. The Morgan fingerprint density at radius 2 is 2.14 bits per heavy atom. The van der Waals surface area contributed by atoms with Gasteiger partial charge in [0.05, 0.1) is 6.61 Å². The molecule has 1 N–H and O–H groups in total. The van der Waals surface area contributed by atoms with E-state index in [2.05, 4.69) is 57.5 Å². The zero-order valence-corrected chi connectivity index (χ0v) is 14.7. The van der Waals surface area contributed by atoms with E-state index < -0.39 is 0 Å². The van der Waals surface area contributed by atoms with Crippen LogP contribution < -0.4 is 5.32 Å². The summed E-state index contributed by atoms with van der Waals surface area (Å²) in [6.07, 6.45) is 3.76. The van der Waals surface area contributed by atoms with Gasteiger partial charge in [-0.3, -0.25) is 0 Å². The minimum absolute atomic E-state index is 0.431. The third-order valence-corrected chi connectivity index (χ3v) is 4.89. The van der Waals surface area contributed by atoms with Crippen molar-refractivity contribution < 1.29 is 4.74 Å². The first kappa shape index (κ1) is 16.9. The molecule has 0 aliphatic carbocycles. The van der Waals surface area contributed by atoms with Crippen LogP contribution in [0.2, 0.25) is 0 Å². The molecule has 0 saturated carbocycles. The Balaban J connectivity index is 1.83. The summed E-state index contributed by atoms with van der Waals surface area (Å²) in [7, 11) is 3.86. The van der Waals surface area contributed by atoms with Gasteiger partial charge in [0, 0.05) is 24.2 Å². The maximum atomic E-state index is 5.31. The van der Waals surface area contributed by atoms with Gasteiger partial charge < -0.3 is 15.0 Å². The predicted molar refractivity (Wildman–Crippen MR) is 91.6 cm³/mol. The maximum absolute atomic E-state index is 5.31. The van der Waals surface area contributed by atoms with Crippen molar-refractivity contribution in [1.82, 2.24) is 10.2 Å². The predicted octanol–water partition coefficient (Wildman–Crippen LogP) is 3.46. The number of ether oxygens (including phenoxy) is 1. The normalized spacial score (nSPS) is 21.4. The first-order valence-corrected chi connectivity index (χ1v) is 8.66. The standard InChI is InChI=1S/C17H27BrN2O/c1-19-17(15-5-7-16(18)8-6-15)9-11-20-10-3-4-14(12-20)13-21-2/h5-8,14,17,19H,3-4,9-13H2,1-2H3. The number of methoxy groups -OCH3 is 1. The molecule has 3 nitrogen and oxygen atoms in total. The van der Waals surface area contributed by atoms with Crippen LogP contribution in [0.1, 0.15) is 30.9 Å². The molecular formula is C17H27BrN2O. The van der Waals surface area contributed by atoms with E-state index in [1.54, 1.807) is 0 Å². The fraction of sp³-hybridized carbons (Fsp3) is 0.647. The van der Waals surface area contributed by atoms with Gasteiger partial charge in [0.1, 0.15) is 0 Å². The number of piperidine rings is 1. The lowest BCUT2D eigenvalue weighted by Gasteiger charge is -2.33. The molecule has 0 bridgehead atoms. The highest BCUT2D eigenvalue weighted by Crippen LogP contribution is 2.22. The van der Waals surface area contributed by atoms with Gasteiger partial charge in [-0.25, -0.2) is 0 Å². The minimum Gasteiger partial charge on any atom is -0.384 e. The lowest BCUT2D eigenvalue weighted by molar-refractivity contribution is 0.0887. The van der Waals surface area contributed by atoms with E-state index in [9.17, 15) is 0 Å². The van der Waals surface area contributed by atoms with Crippen LogP contribution in [0.3, 0.4) is 0 Å². The molecule has 1 heterocycles. The Bertz CT molecular complexity index is 408. The SMILES string of the molecule is CNC(CCN1CCCC(COC)C1)c1ccc(Br)cc1. The molecule has 2 rings (SSSR count). The van der Waals surface area contributed by atoms with Gasteiger partial charge in [-0.1, -0.05) is 28.1 Å². The monoisotopic (exact) mass is 354 g/mol. The lowest BCUT2D eigenvalue weighted by Crippen LogP contribution is -2.38. The summed E-state index contributed by atoms with van der Waals surface area (Å²) >= 11 is 3.50. The third kappa shape index (κ3) is 5.37. The summed E-state index contributed by atoms with van der Waals surface area (Å²) in [6, 6.07) is 9.08. The van der Waals surface area contributed by atoms with Crippen LogP contribution in [0.25, 0.3) is 0 Å². The topological polar surface area (TPSA) is 24.5 Å². The summed E-state index contributed by atoms with van der Waals surface area (Å²) in [4.78, 5) is 2.59. The minimum atomic E-state index is 0.431. The quantitative estimate of drug-likeness (QED) is 0.811. The molecule has 0 spiro atoms. The highest BCUT2D eigenvalue weighted by molar-refractivity contribution is 9.10. The molecule has 1 saturated heterocycles. The maximum Gasteiger partial charge on any atom is 0.0502 e. The van der Waals surface area contributed by atoms with Crippen LogP contribution in [0, 0.1) is 5.92 Å². The molecule has 1 aromatic rings. The van der Waals surface area contributed by atoms with Crippen LogP contribution >= 0.6 is 15.9 Å². The van der Waals surface area contributed by atoms with Gasteiger partial charge in [0.25, 0.3) is 0 Å². The zero-order valence-electron chi connectivity index (χ0n) is 13.1. The summed E-state index contributed by atoms with van der Waals surface area (Å²) in [5, 5.41) is 3.45. The fourth-order valence-electron chi connectivity index (χ4n) is 3.21. The van der Waals surface area contributed by atoms with Crippen LogP contribution in [-0.2, 0) is 4.74 Å². The van der Waals surface area contributed by atoms with Crippen LogP contribution in [0.15, 0.2) is 28.7 Å². The van der Waals surface area contributed by atoms with Crippen molar-refractivity contribution in [2.45, 2.75) is 25.3 Å². The van der Waals surface area contributed by atoms with Crippen molar-refractivity contribution in [2.75, 3.05) is 40.4 Å². The van der Waals surface area contributed by atoms with Crippen LogP contribution in [0.5, 0.6) is 0 Å². The van der Waals surface area contributed by atoms with Gasteiger partial charge in [0.2, 0.25) is 0 Å². The van der Waals surface area contributed by atoms with Crippen molar-refractivity contribution in [3.8, 4) is 0 Å². The van der Waals surface area contributed by atoms with Gasteiger partial charge >= 0.3 is 0 Å². The second-order valence-corrected chi connectivity index (χ2v) is 6.86. The summed E-state index contributed by atoms with van der Waals surface area (Å²) < 4.78 is 6.45. The number of hydrogen-bond acceptors (Lipinski definition) is 3. The Hall–Kier alpha value is -0.420. The molecule has 0 amide bonds. The molecule has 21 heavy (non-hydrogen) atoms. The Kier molecular flexibility index (Phi) is 7.17. The molecule has 2 unspecified atom stereocenters. The molecule has 2 atom stereocenters. The molecular weight excluding hydrogens is 328 g/mol. The first-order chi connectivity index (χ1) is 10.2. The van der Waals surface area contributed by atoms with E-state index >= 15 is 0 Å². The number of nitrogens with one attached hydrogen (secondary N) is 1. The van der Waals surface area contributed by atoms with Crippen LogP contribution in [0.4, 0.5) is 0 Å². The number of likely N-dealkylation sites (tertiary alicyclic amines) is 1. The highest BCUT2D eigenvalue weighted by atomic mass is 79.9. The molecule has 0 aromatic heterocycles. The lowest BCUT2D eigenvalue weighted by atomic mass is 9.97. The van der Waals surface area contributed by atoms with E-state index in [1.165, 1.54) is 31.5 Å². The molecule has 1 aliphatic rings. The van der Waals surface area contributed by atoms with E-state index in [0.717, 1.165) is 24.0 Å². The summed E-state index contributed by atoms with van der Waals surface area (Å²) in [6.45, 7) is 4.47. The smallest absolute Gasteiger partial charge is 0.0502 e. The van der Waals surface area contributed by atoms with E-state index in [1.807, 2.05) is 7.11 Å². The second kappa shape index (κ2) is 8.89. The fourth-order valence-corrected chi connectivity index (χ4v) is 3.47. The number of nitrogens with zero attached hydrogens (tertiary/aromatic N) is 1. The Morgan fingerprint density at radius 1 is 1.38 bits per heavy atom. The number of halogens is 1. The molecule has 1 aromatic carbocycles. The van der Waals surface area contributed by atoms with Crippen molar-refractivity contribution in [2.24, 2.45) is 5.92 Å². The average Bonchev–Trinajstić information content (AvgIpc) is 2.50. The zero-order chi connectivity index (χ0) is 15.1. The van der Waals surface area contributed by atoms with Crippen molar-refractivity contribution in [3.63, 3.8) is 0 Å². The largest absolute Gasteiger partial charge is 0.384 e. The third-order valence-electron chi connectivity index (χ3n) is 4.36. The number of hydrogen-bond donors (Lipinski definition) is 1. The highest BCUT2D eigenvalue weighted by Gasteiger charge is 2.20. The Labute approximate surface area is 137 Å². The van der Waals surface area contributed by atoms with E-state index in [0.29, 0.717) is 12.0 Å². The van der Waals surface area contributed by atoms with Crippen molar-refractivity contribution in [1.29, 1.82) is 0 Å². The van der Waals surface area contributed by atoms with Crippen LogP contribution in [-0.4, -0.2) is 45.3 Å². The number of benzene rings is 1. The molecule has 1 fully saturated rings.